The average Bonchev–Trinajstić information content (AvgIpc) is 3.07. The highest BCUT2D eigenvalue weighted by atomic mass is 35.5. The first kappa shape index (κ1) is 16.8. The molecule has 1 heterocycles. The Morgan fingerprint density at radius 2 is 1.73 bits per heavy atom. The SMILES string of the molecule is Cc1ccccc1Nc1ccc(C(=S)c2cc3ccccc3o2)c(Cl)c1. The highest BCUT2D eigenvalue weighted by molar-refractivity contribution is 7.81. The summed E-state index contributed by atoms with van der Waals surface area (Å²) in [5.74, 6) is 0.655. The zero-order chi connectivity index (χ0) is 18.1. The molecule has 26 heavy (non-hydrogen) atoms. The maximum atomic E-state index is 6.51. The molecule has 4 rings (SSSR count). The lowest BCUT2D eigenvalue weighted by atomic mass is 10.1. The Labute approximate surface area is 162 Å². The number of halogens is 1. The van der Waals surface area contributed by atoms with Crippen LogP contribution in [0, 0.1) is 6.92 Å². The van der Waals surface area contributed by atoms with E-state index in [1.54, 1.807) is 0 Å². The van der Waals surface area contributed by atoms with Gasteiger partial charge < -0.3 is 9.73 Å². The summed E-state index contributed by atoms with van der Waals surface area (Å²) in [6.45, 7) is 2.06. The Kier molecular flexibility index (Phi) is 4.49. The van der Waals surface area contributed by atoms with E-state index in [0.29, 0.717) is 15.6 Å². The average molecular weight is 378 g/mol. The molecule has 0 aliphatic carbocycles. The lowest BCUT2D eigenvalue weighted by Crippen LogP contribution is -2.00. The van der Waals surface area contributed by atoms with Crippen LogP contribution < -0.4 is 5.32 Å². The number of aryl methyl sites for hydroxylation is 1. The second-order valence-corrected chi connectivity index (χ2v) is 6.93. The van der Waals surface area contributed by atoms with Crippen LogP contribution in [-0.2, 0) is 0 Å². The molecule has 0 atom stereocenters. The number of hydrogen-bond donors (Lipinski definition) is 1. The molecule has 0 fully saturated rings. The van der Waals surface area contributed by atoms with Crippen LogP contribution in [0.1, 0.15) is 16.9 Å². The number of para-hydroxylation sites is 2. The maximum Gasteiger partial charge on any atom is 0.146 e. The molecule has 0 unspecified atom stereocenters. The van der Waals surface area contributed by atoms with Crippen LogP contribution in [0.15, 0.2) is 77.2 Å². The van der Waals surface area contributed by atoms with Crippen molar-refractivity contribution in [1.82, 2.24) is 0 Å². The van der Waals surface area contributed by atoms with Gasteiger partial charge in [0.2, 0.25) is 0 Å². The van der Waals surface area contributed by atoms with E-state index in [1.807, 2.05) is 66.7 Å². The largest absolute Gasteiger partial charge is 0.455 e. The summed E-state index contributed by atoms with van der Waals surface area (Å²) < 4.78 is 5.87. The Morgan fingerprint density at radius 1 is 0.962 bits per heavy atom. The molecule has 4 heteroatoms. The first-order chi connectivity index (χ1) is 12.6. The topological polar surface area (TPSA) is 25.2 Å². The molecular weight excluding hydrogens is 362 g/mol. The zero-order valence-corrected chi connectivity index (χ0v) is 15.7. The predicted molar refractivity (Wildman–Crippen MR) is 113 cm³/mol. The fourth-order valence-electron chi connectivity index (χ4n) is 2.87. The quantitative estimate of drug-likeness (QED) is 0.309. The molecule has 2 nitrogen and oxygen atoms in total. The molecule has 1 aromatic heterocycles. The number of nitrogens with one attached hydrogen (secondary N) is 1. The van der Waals surface area contributed by atoms with E-state index in [4.69, 9.17) is 28.2 Å². The van der Waals surface area contributed by atoms with E-state index in [-0.39, 0.29) is 0 Å². The third kappa shape index (κ3) is 3.24. The molecule has 0 amide bonds. The van der Waals surface area contributed by atoms with Gasteiger partial charge in [-0.15, -0.1) is 0 Å². The predicted octanol–water partition coefficient (Wildman–Crippen LogP) is 6.90. The fourth-order valence-corrected chi connectivity index (χ4v) is 3.48. The van der Waals surface area contributed by atoms with Gasteiger partial charge in [0.1, 0.15) is 11.3 Å². The number of anilines is 2. The highest BCUT2D eigenvalue weighted by Crippen LogP contribution is 2.29. The second-order valence-electron chi connectivity index (χ2n) is 6.11. The minimum absolute atomic E-state index is 0.592. The van der Waals surface area contributed by atoms with Gasteiger partial charge in [-0.05, 0) is 48.9 Å². The lowest BCUT2D eigenvalue weighted by Gasteiger charge is -2.11. The molecule has 0 aliphatic rings. The van der Waals surface area contributed by atoms with E-state index in [2.05, 4.69) is 18.3 Å². The molecule has 0 spiro atoms. The summed E-state index contributed by atoms with van der Waals surface area (Å²) in [6, 6.07) is 23.7. The van der Waals surface area contributed by atoms with Crippen molar-refractivity contribution in [3.63, 3.8) is 0 Å². The molecule has 4 aromatic rings. The van der Waals surface area contributed by atoms with Gasteiger partial charge in [-0.3, -0.25) is 0 Å². The molecule has 128 valence electrons. The van der Waals surface area contributed by atoms with Crippen molar-refractivity contribution < 1.29 is 4.42 Å². The normalized spacial score (nSPS) is 10.8. The summed E-state index contributed by atoms with van der Waals surface area (Å²) >= 11 is 12.1. The van der Waals surface area contributed by atoms with Crippen LogP contribution in [0.3, 0.4) is 0 Å². The first-order valence-corrected chi connectivity index (χ1v) is 9.06. The Balaban J connectivity index is 1.63. The number of rotatable bonds is 4. The number of hydrogen-bond acceptors (Lipinski definition) is 3. The lowest BCUT2D eigenvalue weighted by molar-refractivity contribution is 0.607. The van der Waals surface area contributed by atoms with Gasteiger partial charge in [0.05, 0.1) is 9.89 Å². The van der Waals surface area contributed by atoms with Gasteiger partial charge >= 0.3 is 0 Å². The Bertz CT molecular complexity index is 1080. The van der Waals surface area contributed by atoms with Gasteiger partial charge in [-0.2, -0.15) is 0 Å². The summed E-state index contributed by atoms with van der Waals surface area (Å²) in [5.41, 5.74) is 4.75. The molecule has 0 radical (unpaired) electrons. The minimum Gasteiger partial charge on any atom is -0.455 e. The van der Waals surface area contributed by atoms with Crippen molar-refractivity contribution in [1.29, 1.82) is 0 Å². The van der Waals surface area contributed by atoms with Crippen molar-refractivity contribution in [3.05, 3.63) is 94.7 Å². The number of furan rings is 1. The number of fused-ring (bicyclic) bond motifs is 1. The van der Waals surface area contributed by atoms with Gasteiger partial charge in [0, 0.05) is 22.3 Å². The van der Waals surface area contributed by atoms with Crippen LogP contribution in [0.5, 0.6) is 0 Å². The highest BCUT2D eigenvalue weighted by Gasteiger charge is 2.14. The van der Waals surface area contributed by atoms with Gasteiger partial charge in [-0.25, -0.2) is 0 Å². The first-order valence-electron chi connectivity index (χ1n) is 8.27. The number of thiocarbonyl (C=S) groups is 1. The molecule has 1 N–H and O–H groups in total. The maximum absolute atomic E-state index is 6.51. The Hall–Kier alpha value is -2.62. The fraction of sp³-hybridized carbons (Fsp3) is 0.0455. The van der Waals surface area contributed by atoms with Crippen molar-refractivity contribution in [2.24, 2.45) is 0 Å². The van der Waals surface area contributed by atoms with Gasteiger partial charge in [0.15, 0.2) is 0 Å². The van der Waals surface area contributed by atoms with Crippen LogP contribution in [0.2, 0.25) is 5.02 Å². The number of benzene rings is 3. The Morgan fingerprint density at radius 3 is 2.50 bits per heavy atom. The van der Waals surface area contributed by atoms with Gasteiger partial charge in [0.25, 0.3) is 0 Å². The zero-order valence-electron chi connectivity index (χ0n) is 14.1. The molecule has 0 bridgehead atoms. The molecule has 0 aliphatic heterocycles. The van der Waals surface area contributed by atoms with Crippen LogP contribution in [0.4, 0.5) is 11.4 Å². The van der Waals surface area contributed by atoms with Crippen LogP contribution in [0.25, 0.3) is 11.0 Å². The minimum atomic E-state index is 0.592. The molecular formula is C22H16ClNOS. The standard InChI is InChI=1S/C22H16ClNOS/c1-14-6-2-4-8-19(14)24-16-10-11-17(18(23)13-16)22(26)21-12-15-7-3-5-9-20(15)25-21/h2-13,24H,1H3. The van der Waals surface area contributed by atoms with Crippen LogP contribution in [-0.4, -0.2) is 4.86 Å². The second kappa shape index (κ2) is 6.94. The van der Waals surface area contributed by atoms with Crippen molar-refractivity contribution in [2.75, 3.05) is 5.32 Å². The van der Waals surface area contributed by atoms with E-state index < -0.39 is 0 Å². The molecule has 0 saturated carbocycles. The van der Waals surface area contributed by atoms with E-state index >= 15 is 0 Å². The summed E-state index contributed by atoms with van der Waals surface area (Å²) in [4.78, 5) is 0.605. The van der Waals surface area contributed by atoms with E-state index in [0.717, 1.165) is 27.9 Å². The summed E-state index contributed by atoms with van der Waals surface area (Å²) in [7, 11) is 0. The summed E-state index contributed by atoms with van der Waals surface area (Å²) in [6.07, 6.45) is 0. The third-order valence-electron chi connectivity index (χ3n) is 4.29. The van der Waals surface area contributed by atoms with Crippen molar-refractivity contribution in [3.8, 4) is 0 Å². The van der Waals surface area contributed by atoms with Crippen LogP contribution >= 0.6 is 23.8 Å². The van der Waals surface area contributed by atoms with E-state index in [9.17, 15) is 0 Å². The van der Waals surface area contributed by atoms with E-state index in [1.165, 1.54) is 5.56 Å². The third-order valence-corrected chi connectivity index (χ3v) is 5.02. The smallest absolute Gasteiger partial charge is 0.146 e. The summed E-state index contributed by atoms with van der Waals surface area (Å²) in [5, 5.41) is 5.01. The van der Waals surface area contributed by atoms with Crippen molar-refractivity contribution in [2.45, 2.75) is 6.92 Å². The van der Waals surface area contributed by atoms with Gasteiger partial charge in [-0.1, -0.05) is 60.2 Å². The molecule has 3 aromatic carbocycles. The molecule has 0 saturated heterocycles. The van der Waals surface area contributed by atoms with Crippen molar-refractivity contribution >= 4 is 51.0 Å². The monoisotopic (exact) mass is 377 g/mol.